The highest BCUT2D eigenvalue weighted by Crippen LogP contribution is 2.29. The molecular formula is C10H7BrN4. The van der Waals surface area contributed by atoms with Crippen molar-refractivity contribution in [2.45, 2.75) is 0 Å². The van der Waals surface area contributed by atoms with Gasteiger partial charge in [-0.1, -0.05) is 22.0 Å². The average molecular weight is 263 g/mol. The zero-order valence-corrected chi connectivity index (χ0v) is 9.25. The summed E-state index contributed by atoms with van der Waals surface area (Å²) in [5.74, 6) is 0.771. The summed E-state index contributed by atoms with van der Waals surface area (Å²) in [5.41, 5.74) is 1.83. The van der Waals surface area contributed by atoms with E-state index in [9.17, 15) is 0 Å². The second-order valence-electron chi connectivity index (χ2n) is 3.17. The number of aromatic amines is 2. The molecule has 3 aromatic rings. The van der Waals surface area contributed by atoms with Crippen molar-refractivity contribution >= 4 is 26.8 Å². The SMILES string of the molecule is Brc1cccc2[nH]nc(-c3ncc[nH]3)c12. The molecule has 0 radical (unpaired) electrons. The van der Waals surface area contributed by atoms with Crippen molar-refractivity contribution in [1.82, 2.24) is 20.2 Å². The molecule has 74 valence electrons. The smallest absolute Gasteiger partial charge is 0.158 e. The Morgan fingerprint density at radius 3 is 3.00 bits per heavy atom. The van der Waals surface area contributed by atoms with Gasteiger partial charge in [0.15, 0.2) is 5.82 Å². The molecule has 5 heteroatoms. The third kappa shape index (κ3) is 1.27. The molecule has 0 atom stereocenters. The van der Waals surface area contributed by atoms with Crippen LogP contribution < -0.4 is 0 Å². The minimum absolute atomic E-state index is 0.771. The lowest BCUT2D eigenvalue weighted by molar-refractivity contribution is 1.10. The summed E-state index contributed by atoms with van der Waals surface area (Å²) >= 11 is 3.51. The highest BCUT2D eigenvalue weighted by molar-refractivity contribution is 9.10. The fourth-order valence-corrected chi connectivity index (χ4v) is 2.15. The molecule has 15 heavy (non-hydrogen) atoms. The van der Waals surface area contributed by atoms with Gasteiger partial charge < -0.3 is 4.98 Å². The summed E-state index contributed by atoms with van der Waals surface area (Å²) in [7, 11) is 0. The van der Waals surface area contributed by atoms with E-state index in [2.05, 4.69) is 36.1 Å². The molecule has 0 spiro atoms. The first kappa shape index (κ1) is 8.67. The Labute approximate surface area is 93.9 Å². The van der Waals surface area contributed by atoms with Crippen LogP contribution in [-0.2, 0) is 0 Å². The second-order valence-corrected chi connectivity index (χ2v) is 4.03. The number of H-pyrrole nitrogens is 2. The fraction of sp³-hybridized carbons (Fsp3) is 0. The lowest BCUT2D eigenvalue weighted by atomic mass is 10.2. The Balaban J connectivity index is 2.37. The maximum Gasteiger partial charge on any atom is 0.158 e. The predicted molar refractivity (Wildman–Crippen MR) is 61.4 cm³/mol. The van der Waals surface area contributed by atoms with Crippen molar-refractivity contribution in [3.8, 4) is 11.5 Å². The quantitative estimate of drug-likeness (QED) is 0.709. The number of fused-ring (bicyclic) bond motifs is 1. The first-order valence-corrected chi connectivity index (χ1v) is 5.28. The first-order chi connectivity index (χ1) is 7.36. The van der Waals surface area contributed by atoms with Gasteiger partial charge in [0.1, 0.15) is 5.69 Å². The van der Waals surface area contributed by atoms with Crippen LogP contribution in [0.5, 0.6) is 0 Å². The number of hydrogen-bond donors (Lipinski definition) is 2. The maximum atomic E-state index is 4.25. The molecule has 0 unspecified atom stereocenters. The van der Waals surface area contributed by atoms with Gasteiger partial charge in [-0.2, -0.15) is 5.10 Å². The van der Waals surface area contributed by atoms with Crippen molar-refractivity contribution < 1.29 is 0 Å². The highest BCUT2D eigenvalue weighted by atomic mass is 79.9. The van der Waals surface area contributed by atoms with Gasteiger partial charge >= 0.3 is 0 Å². The normalized spacial score (nSPS) is 11.0. The summed E-state index contributed by atoms with van der Waals surface area (Å²) in [4.78, 5) is 7.24. The summed E-state index contributed by atoms with van der Waals surface area (Å²) in [6.07, 6.45) is 3.50. The van der Waals surface area contributed by atoms with E-state index >= 15 is 0 Å². The predicted octanol–water partition coefficient (Wildman–Crippen LogP) is 2.72. The zero-order valence-electron chi connectivity index (χ0n) is 7.66. The molecule has 3 rings (SSSR count). The van der Waals surface area contributed by atoms with Gasteiger partial charge in [0.2, 0.25) is 0 Å². The van der Waals surface area contributed by atoms with Crippen LogP contribution in [0.2, 0.25) is 0 Å². The Hall–Kier alpha value is -1.62. The molecule has 0 bridgehead atoms. The van der Waals surface area contributed by atoms with Crippen LogP contribution in [0.4, 0.5) is 0 Å². The van der Waals surface area contributed by atoms with E-state index in [0.29, 0.717) is 0 Å². The minimum Gasteiger partial charge on any atom is -0.343 e. The van der Waals surface area contributed by atoms with E-state index in [0.717, 1.165) is 26.9 Å². The lowest BCUT2D eigenvalue weighted by Gasteiger charge is -1.95. The molecule has 0 saturated heterocycles. The van der Waals surface area contributed by atoms with Crippen LogP contribution in [0.3, 0.4) is 0 Å². The number of rotatable bonds is 1. The Morgan fingerprint density at radius 2 is 2.20 bits per heavy atom. The molecule has 0 fully saturated rings. The van der Waals surface area contributed by atoms with Gasteiger partial charge in [0.05, 0.1) is 5.52 Å². The van der Waals surface area contributed by atoms with Crippen LogP contribution in [0.25, 0.3) is 22.4 Å². The number of imidazole rings is 1. The van der Waals surface area contributed by atoms with E-state index in [4.69, 9.17) is 0 Å². The maximum absolute atomic E-state index is 4.25. The monoisotopic (exact) mass is 262 g/mol. The van der Waals surface area contributed by atoms with Crippen LogP contribution in [0.15, 0.2) is 35.1 Å². The van der Waals surface area contributed by atoms with E-state index in [-0.39, 0.29) is 0 Å². The Bertz CT molecular complexity index is 597. The summed E-state index contributed by atoms with van der Waals surface area (Å²) < 4.78 is 1.01. The number of hydrogen-bond acceptors (Lipinski definition) is 2. The molecule has 0 aliphatic rings. The van der Waals surface area contributed by atoms with E-state index in [1.807, 2.05) is 18.2 Å². The van der Waals surface area contributed by atoms with Crippen molar-refractivity contribution in [3.63, 3.8) is 0 Å². The van der Waals surface area contributed by atoms with E-state index in [1.54, 1.807) is 12.4 Å². The van der Waals surface area contributed by atoms with Crippen LogP contribution in [0.1, 0.15) is 0 Å². The average Bonchev–Trinajstić information content (AvgIpc) is 2.85. The minimum atomic E-state index is 0.771. The van der Waals surface area contributed by atoms with Gasteiger partial charge in [-0.15, -0.1) is 0 Å². The number of benzene rings is 1. The van der Waals surface area contributed by atoms with Crippen LogP contribution in [0, 0.1) is 0 Å². The number of aromatic nitrogens is 4. The Morgan fingerprint density at radius 1 is 1.27 bits per heavy atom. The van der Waals surface area contributed by atoms with Crippen LogP contribution >= 0.6 is 15.9 Å². The van der Waals surface area contributed by atoms with Gasteiger partial charge in [0, 0.05) is 22.3 Å². The fourth-order valence-electron chi connectivity index (χ4n) is 1.60. The Kier molecular flexibility index (Phi) is 1.85. The van der Waals surface area contributed by atoms with Gasteiger partial charge in [-0.05, 0) is 12.1 Å². The number of halogens is 1. The number of nitrogens with one attached hydrogen (secondary N) is 2. The van der Waals surface area contributed by atoms with Crippen molar-refractivity contribution in [3.05, 3.63) is 35.1 Å². The summed E-state index contributed by atoms with van der Waals surface area (Å²) in [6, 6.07) is 5.94. The van der Waals surface area contributed by atoms with Gasteiger partial charge in [-0.25, -0.2) is 4.98 Å². The third-order valence-corrected chi connectivity index (χ3v) is 2.92. The molecule has 0 amide bonds. The number of nitrogens with zero attached hydrogens (tertiary/aromatic N) is 2. The molecule has 0 aliphatic carbocycles. The lowest BCUT2D eigenvalue weighted by Crippen LogP contribution is -1.81. The van der Waals surface area contributed by atoms with Crippen molar-refractivity contribution in [2.24, 2.45) is 0 Å². The van der Waals surface area contributed by atoms with Crippen LogP contribution in [-0.4, -0.2) is 20.2 Å². The molecule has 4 nitrogen and oxygen atoms in total. The molecular weight excluding hydrogens is 256 g/mol. The second kappa shape index (κ2) is 3.20. The third-order valence-electron chi connectivity index (χ3n) is 2.26. The summed E-state index contributed by atoms with van der Waals surface area (Å²) in [5, 5.41) is 8.28. The highest BCUT2D eigenvalue weighted by Gasteiger charge is 2.11. The van der Waals surface area contributed by atoms with Crippen molar-refractivity contribution in [2.75, 3.05) is 0 Å². The molecule has 0 aliphatic heterocycles. The molecule has 1 aromatic carbocycles. The van der Waals surface area contributed by atoms with Crippen molar-refractivity contribution in [1.29, 1.82) is 0 Å². The van der Waals surface area contributed by atoms with Gasteiger partial charge in [0.25, 0.3) is 0 Å². The van der Waals surface area contributed by atoms with E-state index < -0.39 is 0 Å². The molecule has 2 heterocycles. The topological polar surface area (TPSA) is 57.4 Å². The standard InChI is InChI=1S/C10H7BrN4/c11-6-2-1-3-7-8(6)9(15-14-7)10-12-4-5-13-10/h1-5H,(H,12,13)(H,14,15). The van der Waals surface area contributed by atoms with Gasteiger partial charge in [-0.3, -0.25) is 5.10 Å². The molecule has 2 N–H and O–H groups in total. The molecule has 0 saturated carbocycles. The zero-order chi connectivity index (χ0) is 10.3. The largest absolute Gasteiger partial charge is 0.343 e. The summed E-state index contributed by atoms with van der Waals surface area (Å²) in [6.45, 7) is 0. The first-order valence-electron chi connectivity index (χ1n) is 4.48. The van der Waals surface area contributed by atoms with E-state index in [1.165, 1.54) is 0 Å². The molecule has 2 aromatic heterocycles.